The highest BCUT2D eigenvalue weighted by Crippen LogP contribution is 2.29. The smallest absolute Gasteiger partial charge is 0.227 e. The lowest BCUT2D eigenvalue weighted by Crippen LogP contribution is -2.46. The second kappa shape index (κ2) is 5.17. The van der Waals surface area contributed by atoms with E-state index in [2.05, 4.69) is 22.2 Å². The van der Waals surface area contributed by atoms with Crippen molar-refractivity contribution in [2.24, 2.45) is 5.92 Å². The van der Waals surface area contributed by atoms with Gasteiger partial charge in [-0.05, 0) is 45.7 Å². The number of piperidine rings is 1. The van der Waals surface area contributed by atoms with Gasteiger partial charge in [-0.1, -0.05) is 0 Å². The number of likely N-dealkylation sites (N-methyl/N-ethyl adjacent to an activating group) is 1. The minimum Gasteiger partial charge on any atom is -0.341 e. The molecule has 0 saturated carbocycles. The maximum absolute atomic E-state index is 12.6. The molecule has 1 amide bonds. The van der Waals surface area contributed by atoms with Crippen LogP contribution in [0.3, 0.4) is 0 Å². The summed E-state index contributed by atoms with van der Waals surface area (Å²) in [6.45, 7) is 3.90. The predicted octanol–water partition coefficient (Wildman–Crippen LogP) is 0.681. The van der Waals surface area contributed by atoms with Crippen molar-refractivity contribution in [3.63, 3.8) is 0 Å². The van der Waals surface area contributed by atoms with E-state index in [9.17, 15) is 4.79 Å². The van der Waals surface area contributed by atoms with Gasteiger partial charge in [0.05, 0.1) is 5.92 Å². The second-order valence-electron chi connectivity index (χ2n) is 6.17. The van der Waals surface area contributed by atoms with Crippen LogP contribution >= 0.6 is 0 Å². The van der Waals surface area contributed by atoms with Crippen LogP contribution in [-0.2, 0) is 4.79 Å². The number of fused-ring (bicyclic) bond motifs is 2. The fourth-order valence-electron chi connectivity index (χ4n) is 3.83. The lowest BCUT2D eigenvalue weighted by Gasteiger charge is -2.31. The van der Waals surface area contributed by atoms with Gasteiger partial charge in [0.1, 0.15) is 0 Å². The highest BCUT2D eigenvalue weighted by molar-refractivity contribution is 5.79. The van der Waals surface area contributed by atoms with E-state index in [1.807, 2.05) is 0 Å². The van der Waals surface area contributed by atoms with Crippen molar-refractivity contribution < 1.29 is 4.79 Å². The number of carbonyl (C=O) groups excluding carboxylic acids is 1. The third-order valence-corrected chi connectivity index (χ3v) is 5.11. The van der Waals surface area contributed by atoms with Crippen molar-refractivity contribution in [2.45, 2.75) is 44.2 Å². The number of carbonyl (C=O) groups is 1. The van der Waals surface area contributed by atoms with Crippen molar-refractivity contribution in [3.05, 3.63) is 0 Å². The molecule has 3 aliphatic heterocycles. The van der Waals surface area contributed by atoms with Gasteiger partial charge in [0, 0.05) is 31.7 Å². The van der Waals surface area contributed by atoms with Crippen LogP contribution in [0, 0.1) is 5.92 Å². The fraction of sp³-hybridized carbons (Fsp3) is 0.929. The number of hydrogen-bond acceptors (Lipinski definition) is 3. The van der Waals surface area contributed by atoms with Gasteiger partial charge in [-0.3, -0.25) is 9.69 Å². The van der Waals surface area contributed by atoms with Crippen molar-refractivity contribution in [1.82, 2.24) is 15.1 Å². The lowest BCUT2D eigenvalue weighted by molar-refractivity contribution is -0.136. The van der Waals surface area contributed by atoms with Gasteiger partial charge in [-0.2, -0.15) is 0 Å². The van der Waals surface area contributed by atoms with Crippen LogP contribution in [0.5, 0.6) is 0 Å². The molecule has 102 valence electrons. The van der Waals surface area contributed by atoms with Crippen LogP contribution in [0.2, 0.25) is 0 Å². The molecular formula is C14H25N3O. The van der Waals surface area contributed by atoms with Gasteiger partial charge in [0.2, 0.25) is 5.91 Å². The molecule has 3 atom stereocenters. The van der Waals surface area contributed by atoms with Gasteiger partial charge in [-0.25, -0.2) is 0 Å². The second-order valence-corrected chi connectivity index (χ2v) is 6.17. The molecule has 3 fully saturated rings. The molecule has 3 saturated heterocycles. The molecule has 3 aliphatic rings. The van der Waals surface area contributed by atoms with E-state index in [1.165, 1.54) is 19.3 Å². The Balaban J connectivity index is 1.63. The summed E-state index contributed by atoms with van der Waals surface area (Å²) in [4.78, 5) is 17.2. The standard InChI is InChI=1S/C14H25N3O/c1-16-12-4-5-13(16)10-17(8-6-12)14(18)11-3-2-7-15-9-11/h11-13,15H,2-10H2,1H3/t11-,12?,13?/m1/s1. The average molecular weight is 251 g/mol. The van der Waals surface area contributed by atoms with Gasteiger partial charge < -0.3 is 10.2 Å². The van der Waals surface area contributed by atoms with Gasteiger partial charge in [0.15, 0.2) is 0 Å². The van der Waals surface area contributed by atoms with Crippen LogP contribution in [0.25, 0.3) is 0 Å². The summed E-state index contributed by atoms with van der Waals surface area (Å²) in [5.74, 6) is 0.642. The maximum atomic E-state index is 12.6. The number of nitrogens with one attached hydrogen (secondary N) is 1. The molecule has 4 heteroatoms. The van der Waals surface area contributed by atoms with Crippen LogP contribution in [-0.4, -0.2) is 61.0 Å². The van der Waals surface area contributed by atoms with Gasteiger partial charge >= 0.3 is 0 Å². The van der Waals surface area contributed by atoms with Crippen LogP contribution < -0.4 is 5.32 Å². The molecule has 2 bridgehead atoms. The highest BCUT2D eigenvalue weighted by Gasteiger charge is 2.37. The zero-order chi connectivity index (χ0) is 12.5. The molecule has 3 heterocycles. The van der Waals surface area contributed by atoms with Crippen LogP contribution in [0.1, 0.15) is 32.1 Å². The molecule has 0 spiro atoms. The molecular weight excluding hydrogens is 226 g/mol. The average Bonchev–Trinajstić information content (AvgIpc) is 2.64. The first-order valence-corrected chi connectivity index (χ1v) is 7.47. The maximum Gasteiger partial charge on any atom is 0.227 e. The monoisotopic (exact) mass is 251 g/mol. The van der Waals surface area contributed by atoms with E-state index in [4.69, 9.17) is 0 Å². The Morgan fingerprint density at radius 3 is 2.78 bits per heavy atom. The lowest BCUT2D eigenvalue weighted by atomic mass is 9.97. The van der Waals surface area contributed by atoms with Gasteiger partial charge in [0.25, 0.3) is 0 Å². The third-order valence-electron chi connectivity index (χ3n) is 5.11. The van der Waals surface area contributed by atoms with Crippen molar-refractivity contribution in [2.75, 3.05) is 33.2 Å². The highest BCUT2D eigenvalue weighted by atomic mass is 16.2. The van der Waals surface area contributed by atoms with Gasteiger partial charge in [-0.15, -0.1) is 0 Å². The topological polar surface area (TPSA) is 35.6 Å². The minimum absolute atomic E-state index is 0.237. The van der Waals surface area contributed by atoms with Crippen molar-refractivity contribution in [3.8, 4) is 0 Å². The zero-order valence-corrected chi connectivity index (χ0v) is 11.4. The Labute approximate surface area is 110 Å². The predicted molar refractivity (Wildman–Crippen MR) is 71.4 cm³/mol. The molecule has 3 rings (SSSR count). The Kier molecular flexibility index (Phi) is 3.57. The molecule has 2 unspecified atom stereocenters. The molecule has 0 aromatic heterocycles. The van der Waals surface area contributed by atoms with E-state index < -0.39 is 0 Å². The third kappa shape index (κ3) is 2.28. The van der Waals surface area contributed by atoms with E-state index in [0.717, 1.165) is 45.1 Å². The molecule has 0 aromatic rings. The van der Waals surface area contributed by atoms with E-state index >= 15 is 0 Å². The molecule has 0 aliphatic carbocycles. The quantitative estimate of drug-likeness (QED) is 0.744. The Morgan fingerprint density at radius 1 is 1.17 bits per heavy atom. The van der Waals surface area contributed by atoms with Crippen LogP contribution in [0.4, 0.5) is 0 Å². The Morgan fingerprint density at radius 2 is 2.00 bits per heavy atom. The molecule has 0 radical (unpaired) electrons. The van der Waals surface area contributed by atoms with E-state index in [1.54, 1.807) is 0 Å². The summed E-state index contributed by atoms with van der Waals surface area (Å²) in [6.07, 6.45) is 5.99. The summed E-state index contributed by atoms with van der Waals surface area (Å²) in [5, 5.41) is 3.36. The molecule has 1 N–H and O–H groups in total. The zero-order valence-electron chi connectivity index (χ0n) is 11.4. The first kappa shape index (κ1) is 12.4. The number of amides is 1. The summed E-state index contributed by atoms with van der Waals surface area (Å²) >= 11 is 0. The Bertz CT molecular complexity index is 314. The number of rotatable bonds is 1. The minimum atomic E-state index is 0.237. The first-order valence-electron chi connectivity index (χ1n) is 7.47. The largest absolute Gasteiger partial charge is 0.341 e. The summed E-state index contributed by atoms with van der Waals surface area (Å²) in [7, 11) is 2.23. The van der Waals surface area contributed by atoms with Crippen LogP contribution in [0.15, 0.2) is 0 Å². The molecule has 0 aromatic carbocycles. The molecule has 18 heavy (non-hydrogen) atoms. The SMILES string of the molecule is CN1C2CCC1CN(C(=O)[C@@H]1CCCNC1)CC2. The molecule has 4 nitrogen and oxygen atoms in total. The van der Waals surface area contributed by atoms with E-state index in [0.29, 0.717) is 11.9 Å². The van der Waals surface area contributed by atoms with Crippen molar-refractivity contribution >= 4 is 5.91 Å². The Hall–Kier alpha value is -0.610. The fourth-order valence-corrected chi connectivity index (χ4v) is 3.83. The number of nitrogens with zero attached hydrogens (tertiary/aromatic N) is 2. The number of hydrogen-bond donors (Lipinski definition) is 1. The normalized spacial score (nSPS) is 37.6. The first-order chi connectivity index (χ1) is 8.75. The van der Waals surface area contributed by atoms with E-state index in [-0.39, 0.29) is 5.92 Å². The summed E-state index contributed by atoms with van der Waals surface area (Å²) in [6, 6.07) is 1.33. The summed E-state index contributed by atoms with van der Waals surface area (Å²) < 4.78 is 0. The summed E-state index contributed by atoms with van der Waals surface area (Å²) in [5.41, 5.74) is 0. The number of likely N-dealkylation sites (tertiary alicyclic amines) is 1. The van der Waals surface area contributed by atoms with Crippen molar-refractivity contribution in [1.29, 1.82) is 0 Å².